The van der Waals surface area contributed by atoms with Gasteiger partial charge >= 0.3 is 5.69 Å². The molecule has 2 heterocycles. The van der Waals surface area contributed by atoms with E-state index in [-0.39, 0.29) is 18.8 Å². The molecule has 4 aromatic rings. The van der Waals surface area contributed by atoms with Crippen LogP contribution in [-0.2, 0) is 22.5 Å². The first-order chi connectivity index (χ1) is 17.0. The number of nitrogens with zero attached hydrogens (tertiary/aromatic N) is 2. The van der Waals surface area contributed by atoms with E-state index in [1.54, 1.807) is 6.20 Å². The van der Waals surface area contributed by atoms with Crippen LogP contribution < -0.4 is 16.0 Å². The van der Waals surface area contributed by atoms with Crippen molar-refractivity contribution in [3.8, 4) is 11.5 Å². The van der Waals surface area contributed by atoms with Crippen molar-refractivity contribution in [1.82, 2.24) is 14.5 Å². The minimum absolute atomic E-state index is 0.101. The second kappa shape index (κ2) is 10.8. The topological polar surface area (TPSA) is 103 Å². The number of aromatic nitrogens is 3. The highest BCUT2D eigenvalue weighted by molar-refractivity contribution is 5.80. The van der Waals surface area contributed by atoms with Crippen LogP contribution in [0.25, 0.3) is 11.0 Å². The molecule has 0 aliphatic heterocycles. The van der Waals surface area contributed by atoms with Crippen molar-refractivity contribution in [1.29, 1.82) is 0 Å². The maximum atomic E-state index is 13.5. The van der Waals surface area contributed by atoms with Gasteiger partial charge in [0.25, 0.3) is 12.0 Å². The zero-order valence-corrected chi connectivity index (χ0v) is 19.7. The Morgan fingerprint density at radius 3 is 2.63 bits per heavy atom. The Labute approximate surface area is 202 Å². The summed E-state index contributed by atoms with van der Waals surface area (Å²) in [7, 11) is 0. The van der Waals surface area contributed by atoms with Gasteiger partial charge in [-0.05, 0) is 35.6 Å². The highest BCUT2D eigenvalue weighted by Gasteiger charge is 2.18. The number of H-pyrrole nitrogens is 1. The SMILES string of the molecule is CC(C)c1cccc(Oc2cnc3[nH]c(=O)n(CCCOC=O)c(=O)c3c2Cc2ccccc2)c1. The molecular formula is C27H27N3O5. The minimum atomic E-state index is -0.565. The second-order valence-electron chi connectivity index (χ2n) is 8.52. The van der Waals surface area contributed by atoms with Crippen molar-refractivity contribution >= 4 is 17.5 Å². The Balaban J connectivity index is 1.84. The van der Waals surface area contributed by atoms with Crippen LogP contribution in [0.5, 0.6) is 11.5 Å². The van der Waals surface area contributed by atoms with E-state index in [1.165, 1.54) is 0 Å². The summed E-state index contributed by atoms with van der Waals surface area (Å²) in [6.07, 6.45) is 2.28. The molecule has 0 aliphatic rings. The zero-order chi connectivity index (χ0) is 24.8. The molecule has 0 spiro atoms. The molecule has 0 fully saturated rings. The first-order valence-electron chi connectivity index (χ1n) is 11.5. The van der Waals surface area contributed by atoms with Crippen molar-refractivity contribution in [2.24, 2.45) is 0 Å². The van der Waals surface area contributed by atoms with E-state index in [2.05, 4.69) is 23.8 Å². The molecule has 4 rings (SSSR count). The smallest absolute Gasteiger partial charge is 0.329 e. The van der Waals surface area contributed by atoms with Crippen LogP contribution in [0.3, 0.4) is 0 Å². The Morgan fingerprint density at radius 1 is 1.09 bits per heavy atom. The number of aromatic amines is 1. The minimum Gasteiger partial charge on any atom is -0.468 e. The number of hydrogen-bond acceptors (Lipinski definition) is 6. The maximum absolute atomic E-state index is 13.5. The summed E-state index contributed by atoms with van der Waals surface area (Å²) < 4.78 is 12.1. The van der Waals surface area contributed by atoms with E-state index in [0.717, 1.165) is 15.7 Å². The molecule has 0 saturated carbocycles. The molecule has 180 valence electrons. The number of ether oxygens (including phenoxy) is 2. The summed E-state index contributed by atoms with van der Waals surface area (Å²) in [4.78, 5) is 43.6. The fraction of sp³-hybridized carbons (Fsp3) is 0.259. The summed E-state index contributed by atoms with van der Waals surface area (Å²) in [5.41, 5.74) is 1.92. The predicted octanol–water partition coefficient (Wildman–Crippen LogP) is 4.15. The Kier molecular flexibility index (Phi) is 7.40. The Bertz CT molecular complexity index is 1440. The van der Waals surface area contributed by atoms with E-state index in [9.17, 15) is 14.4 Å². The first-order valence-corrected chi connectivity index (χ1v) is 11.5. The monoisotopic (exact) mass is 473 g/mol. The van der Waals surface area contributed by atoms with Gasteiger partial charge in [0, 0.05) is 18.5 Å². The van der Waals surface area contributed by atoms with Gasteiger partial charge in [0.05, 0.1) is 18.2 Å². The predicted molar refractivity (Wildman–Crippen MR) is 133 cm³/mol. The van der Waals surface area contributed by atoms with Gasteiger partial charge in [-0.2, -0.15) is 0 Å². The fourth-order valence-corrected chi connectivity index (χ4v) is 3.94. The average molecular weight is 474 g/mol. The summed E-state index contributed by atoms with van der Waals surface area (Å²) in [6, 6.07) is 17.5. The molecule has 0 radical (unpaired) electrons. The molecule has 2 aromatic heterocycles. The third-order valence-electron chi connectivity index (χ3n) is 5.76. The van der Waals surface area contributed by atoms with Crippen LogP contribution in [0.2, 0.25) is 0 Å². The molecule has 1 N–H and O–H groups in total. The molecular weight excluding hydrogens is 446 g/mol. The molecule has 35 heavy (non-hydrogen) atoms. The lowest BCUT2D eigenvalue weighted by molar-refractivity contribution is -0.128. The van der Waals surface area contributed by atoms with E-state index in [4.69, 9.17) is 9.47 Å². The average Bonchev–Trinajstić information content (AvgIpc) is 2.85. The van der Waals surface area contributed by atoms with Crippen molar-refractivity contribution in [2.75, 3.05) is 6.61 Å². The lowest BCUT2D eigenvalue weighted by Crippen LogP contribution is -2.36. The number of carbonyl (C=O) groups is 1. The van der Waals surface area contributed by atoms with Crippen LogP contribution in [0.4, 0.5) is 0 Å². The molecule has 0 aliphatic carbocycles. The number of nitrogens with one attached hydrogen (secondary N) is 1. The lowest BCUT2D eigenvalue weighted by atomic mass is 10.0. The van der Waals surface area contributed by atoms with Gasteiger partial charge in [-0.25, -0.2) is 9.78 Å². The molecule has 8 nitrogen and oxygen atoms in total. The summed E-state index contributed by atoms with van der Waals surface area (Å²) in [6.45, 7) is 4.77. The highest BCUT2D eigenvalue weighted by Crippen LogP contribution is 2.31. The van der Waals surface area contributed by atoms with Gasteiger partial charge in [0.15, 0.2) is 0 Å². The molecule has 8 heteroatoms. The van der Waals surface area contributed by atoms with E-state index >= 15 is 0 Å². The van der Waals surface area contributed by atoms with Gasteiger partial charge in [0.1, 0.15) is 17.1 Å². The molecule has 2 aromatic carbocycles. The third kappa shape index (κ3) is 5.48. The van der Waals surface area contributed by atoms with Gasteiger partial charge < -0.3 is 9.47 Å². The third-order valence-corrected chi connectivity index (χ3v) is 5.76. The van der Waals surface area contributed by atoms with Gasteiger partial charge in [-0.3, -0.25) is 19.1 Å². The van der Waals surface area contributed by atoms with Crippen molar-refractivity contribution in [2.45, 2.75) is 39.2 Å². The number of fused-ring (bicyclic) bond motifs is 1. The summed E-state index contributed by atoms with van der Waals surface area (Å²) >= 11 is 0. The summed E-state index contributed by atoms with van der Waals surface area (Å²) in [5, 5.41) is 0.294. The Morgan fingerprint density at radius 2 is 1.89 bits per heavy atom. The number of carbonyl (C=O) groups excluding carboxylic acids is 1. The van der Waals surface area contributed by atoms with Crippen LogP contribution in [0, 0.1) is 0 Å². The highest BCUT2D eigenvalue weighted by atomic mass is 16.5. The first kappa shape index (κ1) is 23.9. The number of benzene rings is 2. The van der Waals surface area contributed by atoms with E-state index in [0.29, 0.717) is 47.7 Å². The van der Waals surface area contributed by atoms with Gasteiger partial charge in [-0.15, -0.1) is 0 Å². The van der Waals surface area contributed by atoms with Crippen molar-refractivity contribution < 1.29 is 14.3 Å². The lowest BCUT2D eigenvalue weighted by Gasteiger charge is -2.15. The number of hydrogen-bond donors (Lipinski definition) is 1. The maximum Gasteiger partial charge on any atom is 0.329 e. The molecule has 0 saturated heterocycles. The molecule has 0 atom stereocenters. The van der Waals surface area contributed by atoms with Crippen LogP contribution in [0.1, 0.15) is 42.9 Å². The largest absolute Gasteiger partial charge is 0.468 e. The zero-order valence-electron chi connectivity index (χ0n) is 19.7. The Hall–Kier alpha value is -4.20. The van der Waals surface area contributed by atoms with E-state index < -0.39 is 11.2 Å². The molecule has 0 unspecified atom stereocenters. The van der Waals surface area contributed by atoms with Crippen molar-refractivity contribution in [3.05, 3.63) is 98.3 Å². The van der Waals surface area contributed by atoms with Crippen molar-refractivity contribution in [3.63, 3.8) is 0 Å². The standard InChI is InChI=1S/C27H27N3O5/c1-18(2)20-10-6-11-21(15-20)35-23-16-28-25-24(22(23)14-19-8-4-3-5-9-19)26(32)30(27(33)29-25)12-7-13-34-17-31/h3-6,8-11,15-18H,7,12-14H2,1-2H3,(H,28,29,33). The number of pyridine rings is 1. The van der Waals surface area contributed by atoms with Gasteiger partial charge in [-0.1, -0.05) is 56.3 Å². The quantitative estimate of drug-likeness (QED) is 0.274. The number of rotatable bonds is 10. The van der Waals surface area contributed by atoms with Crippen LogP contribution >= 0.6 is 0 Å². The van der Waals surface area contributed by atoms with Gasteiger partial charge in [0.2, 0.25) is 0 Å². The fourth-order valence-electron chi connectivity index (χ4n) is 3.94. The summed E-state index contributed by atoms with van der Waals surface area (Å²) in [5.74, 6) is 1.42. The second-order valence-corrected chi connectivity index (χ2v) is 8.52. The molecule has 0 bridgehead atoms. The normalized spacial score (nSPS) is 11.1. The van der Waals surface area contributed by atoms with Crippen LogP contribution in [0.15, 0.2) is 70.4 Å². The van der Waals surface area contributed by atoms with E-state index in [1.807, 2.05) is 54.6 Å². The molecule has 0 amide bonds. The van der Waals surface area contributed by atoms with Crippen LogP contribution in [-0.4, -0.2) is 27.6 Å².